The van der Waals surface area contributed by atoms with Gasteiger partial charge in [-0.25, -0.2) is 0 Å². The summed E-state index contributed by atoms with van der Waals surface area (Å²) >= 11 is 1.50. The van der Waals surface area contributed by atoms with E-state index in [0.717, 1.165) is 42.7 Å². The van der Waals surface area contributed by atoms with Gasteiger partial charge in [-0.15, -0.1) is 11.3 Å². The van der Waals surface area contributed by atoms with E-state index >= 15 is 0 Å². The summed E-state index contributed by atoms with van der Waals surface area (Å²) in [5.74, 6) is 0.0741. The second-order valence-electron chi connectivity index (χ2n) is 5.24. The monoisotopic (exact) mass is 289 g/mol. The highest BCUT2D eigenvalue weighted by Crippen LogP contribution is 2.35. The number of hydrogen-bond acceptors (Lipinski definition) is 4. The average molecular weight is 289 g/mol. The minimum Gasteiger partial charge on any atom is -0.397 e. The number of aryl methyl sites for hydroxylation is 1. The normalized spacial score (nSPS) is 16.4. The summed E-state index contributed by atoms with van der Waals surface area (Å²) < 4.78 is 1.09. The Labute approximate surface area is 122 Å². The zero-order chi connectivity index (χ0) is 14.1. The lowest BCUT2D eigenvalue weighted by atomic mass is 10.1. The maximum Gasteiger partial charge on any atom is 0.266 e. The first kappa shape index (κ1) is 13.4. The Bertz CT molecular complexity index is 642. The number of carbonyl (C=O) groups is 1. The van der Waals surface area contributed by atoms with Crippen molar-refractivity contribution in [2.24, 2.45) is 0 Å². The second-order valence-corrected chi connectivity index (χ2v) is 6.29. The van der Waals surface area contributed by atoms with E-state index in [1.165, 1.54) is 16.9 Å². The van der Waals surface area contributed by atoms with E-state index in [9.17, 15) is 4.79 Å². The van der Waals surface area contributed by atoms with Crippen LogP contribution in [-0.2, 0) is 0 Å². The minimum atomic E-state index is 0.0741. The molecule has 0 saturated carbocycles. The molecule has 4 nitrogen and oxygen atoms in total. The molecule has 0 spiro atoms. The number of benzene rings is 1. The number of nitrogens with zero attached hydrogens (tertiary/aromatic N) is 1. The zero-order valence-corrected chi connectivity index (χ0v) is 12.4. The molecule has 0 aliphatic carbocycles. The lowest BCUT2D eigenvalue weighted by Gasteiger charge is -2.19. The van der Waals surface area contributed by atoms with Gasteiger partial charge < -0.3 is 16.0 Å². The molecule has 1 aliphatic rings. The average Bonchev–Trinajstić information content (AvgIpc) is 2.66. The summed E-state index contributed by atoms with van der Waals surface area (Å²) in [5.41, 5.74) is 8.00. The van der Waals surface area contributed by atoms with E-state index in [-0.39, 0.29) is 5.91 Å². The Hall–Kier alpha value is -1.59. The molecule has 3 N–H and O–H groups in total. The third-order valence-corrected chi connectivity index (χ3v) is 4.88. The Morgan fingerprint density at radius 2 is 2.20 bits per heavy atom. The molecule has 0 bridgehead atoms. The van der Waals surface area contributed by atoms with Gasteiger partial charge in [-0.05, 0) is 32.0 Å². The summed E-state index contributed by atoms with van der Waals surface area (Å²) in [6, 6.07) is 6.16. The Kier molecular flexibility index (Phi) is 3.63. The predicted molar refractivity (Wildman–Crippen MR) is 84.4 cm³/mol. The number of amides is 1. The highest BCUT2D eigenvalue weighted by Gasteiger charge is 2.22. The van der Waals surface area contributed by atoms with Gasteiger partial charge in [0.15, 0.2) is 0 Å². The van der Waals surface area contributed by atoms with Gasteiger partial charge in [-0.2, -0.15) is 0 Å². The Morgan fingerprint density at radius 1 is 1.35 bits per heavy atom. The van der Waals surface area contributed by atoms with E-state index in [2.05, 4.69) is 17.4 Å². The van der Waals surface area contributed by atoms with Crippen molar-refractivity contribution in [3.8, 4) is 0 Å². The van der Waals surface area contributed by atoms with Crippen molar-refractivity contribution in [3.05, 3.63) is 28.6 Å². The van der Waals surface area contributed by atoms with Crippen molar-refractivity contribution in [1.29, 1.82) is 0 Å². The van der Waals surface area contributed by atoms with E-state index in [4.69, 9.17) is 5.73 Å². The van der Waals surface area contributed by atoms with Crippen LogP contribution < -0.4 is 11.1 Å². The largest absolute Gasteiger partial charge is 0.397 e. The molecule has 1 aromatic carbocycles. The van der Waals surface area contributed by atoms with Crippen LogP contribution in [0.25, 0.3) is 10.1 Å². The van der Waals surface area contributed by atoms with E-state index < -0.39 is 0 Å². The topological polar surface area (TPSA) is 58.4 Å². The molecule has 1 aromatic heterocycles. The van der Waals surface area contributed by atoms with Gasteiger partial charge in [0, 0.05) is 29.7 Å². The first-order valence-electron chi connectivity index (χ1n) is 6.95. The second kappa shape index (κ2) is 5.42. The van der Waals surface area contributed by atoms with Crippen molar-refractivity contribution in [3.63, 3.8) is 0 Å². The lowest BCUT2D eigenvalue weighted by Crippen LogP contribution is -2.34. The van der Waals surface area contributed by atoms with Crippen LogP contribution in [0.15, 0.2) is 18.2 Å². The molecule has 20 heavy (non-hydrogen) atoms. The number of nitrogen functional groups attached to an aromatic ring is 1. The van der Waals surface area contributed by atoms with Crippen molar-refractivity contribution < 1.29 is 4.79 Å². The molecular formula is C15H19N3OS. The van der Waals surface area contributed by atoms with Crippen LogP contribution in [0.1, 0.15) is 21.7 Å². The van der Waals surface area contributed by atoms with Crippen molar-refractivity contribution in [1.82, 2.24) is 10.2 Å². The van der Waals surface area contributed by atoms with E-state index in [0.29, 0.717) is 10.6 Å². The van der Waals surface area contributed by atoms with Gasteiger partial charge in [0.2, 0.25) is 0 Å². The maximum atomic E-state index is 12.7. The fraction of sp³-hybridized carbons (Fsp3) is 0.400. The van der Waals surface area contributed by atoms with Crippen LogP contribution in [0.4, 0.5) is 5.69 Å². The molecule has 1 saturated heterocycles. The number of rotatable bonds is 1. The summed E-state index contributed by atoms with van der Waals surface area (Å²) in [6.07, 6.45) is 0.996. The van der Waals surface area contributed by atoms with E-state index in [1.54, 1.807) is 0 Å². The van der Waals surface area contributed by atoms with Crippen LogP contribution in [0.5, 0.6) is 0 Å². The highest BCUT2D eigenvalue weighted by atomic mass is 32.1. The third-order valence-electron chi connectivity index (χ3n) is 3.70. The third kappa shape index (κ3) is 2.39. The number of hydrogen-bond donors (Lipinski definition) is 2. The zero-order valence-electron chi connectivity index (χ0n) is 11.6. The Morgan fingerprint density at radius 3 is 3.05 bits per heavy atom. The molecule has 3 rings (SSSR count). The van der Waals surface area contributed by atoms with Crippen molar-refractivity contribution in [2.45, 2.75) is 13.3 Å². The van der Waals surface area contributed by atoms with Crippen LogP contribution in [0, 0.1) is 6.92 Å². The molecule has 2 heterocycles. The van der Waals surface area contributed by atoms with E-state index in [1.807, 2.05) is 17.9 Å². The van der Waals surface area contributed by atoms with Crippen LogP contribution >= 0.6 is 11.3 Å². The summed E-state index contributed by atoms with van der Waals surface area (Å²) in [4.78, 5) is 15.3. The summed E-state index contributed by atoms with van der Waals surface area (Å²) in [7, 11) is 0. The van der Waals surface area contributed by atoms with Crippen LogP contribution in [-0.4, -0.2) is 37.0 Å². The fourth-order valence-electron chi connectivity index (χ4n) is 2.58. The quantitative estimate of drug-likeness (QED) is 0.846. The molecule has 0 unspecified atom stereocenters. The van der Waals surface area contributed by atoms with Gasteiger partial charge in [0.1, 0.15) is 4.88 Å². The molecule has 2 aromatic rings. The number of nitrogens with two attached hydrogens (primary N) is 1. The molecule has 1 aliphatic heterocycles. The first-order chi connectivity index (χ1) is 9.66. The van der Waals surface area contributed by atoms with Crippen LogP contribution in [0.2, 0.25) is 0 Å². The minimum absolute atomic E-state index is 0.0741. The van der Waals surface area contributed by atoms with Crippen LogP contribution in [0.3, 0.4) is 0 Å². The maximum absolute atomic E-state index is 12.7. The van der Waals surface area contributed by atoms with Crippen molar-refractivity contribution in [2.75, 3.05) is 31.9 Å². The number of carbonyl (C=O) groups excluding carboxylic acids is 1. The number of nitrogens with one attached hydrogen (secondary N) is 1. The smallest absolute Gasteiger partial charge is 0.266 e. The fourth-order valence-corrected chi connectivity index (χ4v) is 3.65. The number of thiophene rings is 1. The first-order valence-corrected chi connectivity index (χ1v) is 7.77. The van der Waals surface area contributed by atoms with Gasteiger partial charge in [-0.3, -0.25) is 4.79 Å². The predicted octanol–water partition coefficient (Wildman–Crippen LogP) is 2.23. The number of fused-ring (bicyclic) bond motifs is 1. The van der Waals surface area contributed by atoms with Gasteiger partial charge in [-0.1, -0.05) is 11.6 Å². The lowest BCUT2D eigenvalue weighted by molar-refractivity contribution is 0.0772. The molecule has 1 fully saturated rings. The molecule has 0 radical (unpaired) electrons. The standard InChI is InChI=1S/C15H19N3OS/c1-10-3-4-12-11(9-10)13(16)14(20-12)15(19)18-7-2-5-17-6-8-18/h3-4,9,17H,2,5-8,16H2,1H3. The van der Waals surface area contributed by atoms with Gasteiger partial charge in [0.25, 0.3) is 5.91 Å². The van der Waals surface area contributed by atoms with Gasteiger partial charge in [0.05, 0.1) is 5.69 Å². The Balaban J connectivity index is 1.96. The molecular weight excluding hydrogens is 270 g/mol. The molecule has 106 valence electrons. The summed E-state index contributed by atoms with van der Waals surface area (Å²) in [5, 5.41) is 4.32. The van der Waals surface area contributed by atoms with Crippen molar-refractivity contribution >= 4 is 33.0 Å². The summed E-state index contributed by atoms with van der Waals surface area (Å²) in [6.45, 7) is 5.43. The van der Waals surface area contributed by atoms with Gasteiger partial charge >= 0.3 is 0 Å². The molecule has 5 heteroatoms. The highest BCUT2D eigenvalue weighted by molar-refractivity contribution is 7.21. The number of anilines is 1. The SMILES string of the molecule is Cc1ccc2sc(C(=O)N3CCCNCC3)c(N)c2c1. The molecule has 0 atom stereocenters. The molecule has 1 amide bonds.